The fourth-order valence-corrected chi connectivity index (χ4v) is 2.54. The van der Waals surface area contributed by atoms with E-state index in [1.54, 1.807) is 33.1 Å². The number of esters is 2. The van der Waals surface area contributed by atoms with Crippen molar-refractivity contribution in [2.24, 2.45) is 0 Å². The summed E-state index contributed by atoms with van der Waals surface area (Å²) in [5.41, 5.74) is 1.62. The van der Waals surface area contributed by atoms with Gasteiger partial charge in [0.1, 0.15) is 12.2 Å². The zero-order valence-corrected chi connectivity index (χ0v) is 16.3. The fourth-order valence-electron chi connectivity index (χ4n) is 2.54. The molecule has 1 heterocycles. The van der Waals surface area contributed by atoms with Crippen molar-refractivity contribution in [3.63, 3.8) is 0 Å². The lowest BCUT2D eigenvalue weighted by atomic mass is 10.2. The Morgan fingerprint density at radius 1 is 1.14 bits per heavy atom. The monoisotopic (exact) mass is 389 g/mol. The van der Waals surface area contributed by atoms with Gasteiger partial charge < -0.3 is 19.5 Å². The summed E-state index contributed by atoms with van der Waals surface area (Å²) in [4.78, 5) is 35.9. The minimum Gasteiger partial charge on any atom is -0.497 e. The van der Waals surface area contributed by atoms with Crippen molar-refractivity contribution in [2.45, 2.75) is 26.8 Å². The first-order chi connectivity index (χ1) is 13.4. The third-order valence-electron chi connectivity index (χ3n) is 3.88. The smallest absolute Gasteiger partial charge is 0.358 e. The Kier molecular flexibility index (Phi) is 7.14. The topological polar surface area (TPSA) is 109 Å². The summed E-state index contributed by atoms with van der Waals surface area (Å²) in [7, 11) is 2.77. The molecule has 1 N–H and O–H groups in total. The molecule has 1 aromatic carbocycles. The number of anilines is 1. The summed E-state index contributed by atoms with van der Waals surface area (Å²) in [6, 6.07) is 7.30. The third-order valence-corrected chi connectivity index (χ3v) is 3.88. The van der Waals surface area contributed by atoms with E-state index in [0.717, 1.165) is 5.56 Å². The van der Waals surface area contributed by atoms with Crippen molar-refractivity contribution >= 4 is 23.5 Å². The lowest BCUT2D eigenvalue weighted by Gasteiger charge is -2.10. The molecule has 28 heavy (non-hydrogen) atoms. The van der Waals surface area contributed by atoms with Gasteiger partial charge in [0.25, 0.3) is 0 Å². The molecule has 9 nitrogen and oxygen atoms in total. The molecule has 1 aromatic heterocycles. The van der Waals surface area contributed by atoms with E-state index >= 15 is 0 Å². The van der Waals surface area contributed by atoms with Crippen molar-refractivity contribution in [3.8, 4) is 5.75 Å². The van der Waals surface area contributed by atoms with Crippen LogP contribution in [0.25, 0.3) is 0 Å². The normalized spacial score (nSPS) is 10.3. The highest BCUT2D eigenvalue weighted by molar-refractivity contribution is 6.05. The van der Waals surface area contributed by atoms with Gasteiger partial charge in [-0.25, -0.2) is 4.79 Å². The molecule has 2 rings (SSSR count). The second-order valence-electron chi connectivity index (χ2n) is 5.84. The van der Waals surface area contributed by atoms with Gasteiger partial charge in [0.2, 0.25) is 5.91 Å². The number of aryl methyl sites for hydroxylation is 1. The Balaban J connectivity index is 2.35. The minimum absolute atomic E-state index is 0.105. The fraction of sp³-hybridized carbons (Fsp3) is 0.368. The number of amides is 1. The first-order valence-electron chi connectivity index (χ1n) is 8.63. The summed E-state index contributed by atoms with van der Waals surface area (Å²) in [6.07, 6.45) is -0.470. The van der Waals surface area contributed by atoms with Gasteiger partial charge >= 0.3 is 11.9 Å². The molecule has 0 aliphatic rings. The molecule has 0 aliphatic heterocycles. The Labute approximate surface area is 162 Å². The zero-order chi connectivity index (χ0) is 20.7. The molecule has 2 aromatic rings. The van der Waals surface area contributed by atoms with Crippen molar-refractivity contribution < 1.29 is 28.6 Å². The van der Waals surface area contributed by atoms with Gasteiger partial charge in [-0.3, -0.25) is 14.3 Å². The highest BCUT2D eigenvalue weighted by Gasteiger charge is 2.25. The standard InChI is InChI=1S/C19H23N3O6/c1-5-28-19(25)18-17(20-15(23)10-16(24)27-4)12(2)21-22(18)11-13-6-8-14(26-3)9-7-13/h6-9H,5,10-11H2,1-4H3,(H,20,23). The summed E-state index contributed by atoms with van der Waals surface area (Å²) in [6.45, 7) is 3.79. The minimum atomic E-state index is -0.682. The lowest BCUT2D eigenvalue weighted by molar-refractivity contribution is -0.142. The van der Waals surface area contributed by atoms with E-state index in [4.69, 9.17) is 9.47 Å². The van der Waals surface area contributed by atoms with E-state index in [1.807, 2.05) is 12.1 Å². The molecule has 0 unspecified atom stereocenters. The summed E-state index contributed by atoms with van der Waals surface area (Å²) < 4.78 is 16.2. The maximum Gasteiger partial charge on any atom is 0.358 e. The number of rotatable bonds is 8. The van der Waals surface area contributed by atoms with Crippen molar-refractivity contribution in [1.82, 2.24) is 9.78 Å². The van der Waals surface area contributed by atoms with Crippen LogP contribution in [0.2, 0.25) is 0 Å². The van der Waals surface area contributed by atoms with Gasteiger partial charge in [-0.05, 0) is 31.5 Å². The van der Waals surface area contributed by atoms with E-state index in [2.05, 4.69) is 15.2 Å². The predicted molar refractivity (Wildman–Crippen MR) is 100 cm³/mol. The largest absolute Gasteiger partial charge is 0.497 e. The van der Waals surface area contributed by atoms with Gasteiger partial charge in [-0.15, -0.1) is 0 Å². The summed E-state index contributed by atoms with van der Waals surface area (Å²) in [5, 5.41) is 6.92. The maximum atomic E-state index is 12.5. The molecule has 0 bridgehead atoms. The van der Waals surface area contributed by atoms with E-state index in [9.17, 15) is 14.4 Å². The van der Waals surface area contributed by atoms with Crippen molar-refractivity contribution in [2.75, 3.05) is 26.1 Å². The molecule has 0 aliphatic carbocycles. The van der Waals surface area contributed by atoms with Crippen LogP contribution >= 0.6 is 0 Å². The second kappa shape index (κ2) is 9.54. The third kappa shape index (κ3) is 5.09. The number of aromatic nitrogens is 2. The lowest BCUT2D eigenvalue weighted by Crippen LogP contribution is -2.21. The molecule has 0 atom stereocenters. The highest BCUT2D eigenvalue weighted by Crippen LogP contribution is 2.23. The molecule has 150 valence electrons. The van der Waals surface area contributed by atoms with Gasteiger partial charge in [0, 0.05) is 0 Å². The average Bonchev–Trinajstić information content (AvgIpc) is 2.97. The number of benzene rings is 1. The number of hydrogen-bond acceptors (Lipinski definition) is 7. The Morgan fingerprint density at radius 3 is 2.39 bits per heavy atom. The molecule has 0 radical (unpaired) electrons. The zero-order valence-electron chi connectivity index (χ0n) is 16.3. The van der Waals surface area contributed by atoms with Crippen LogP contribution in [0.1, 0.15) is 35.1 Å². The van der Waals surface area contributed by atoms with Crippen LogP contribution in [0.4, 0.5) is 5.69 Å². The highest BCUT2D eigenvalue weighted by atomic mass is 16.5. The number of methoxy groups -OCH3 is 2. The molecule has 0 spiro atoms. The first-order valence-corrected chi connectivity index (χ1v) is 8.63. The Morgan fingerprint density at radius 2 is 1.82 bits per heavy atom. The van der Waals surface area contributed by atoms with Crippen LogP contribution in [0, 0.1) is 6.92 Å². The SMILES string of the molecule is CCOC(=O)c1c(NC(=O)CC(=O)OC)c(C)nn1Cc1ccc(OC)cc1. The molecule has 0 saturated heterocycles. The van der Waals surface area contributed by atoms with Crippen LogP contribution in [0.5, 0.6) is 5.75 Å². The van der Waals surface area contributed by atoms with Crippen LogP contribution in [-0.2, 0) is 25.6 Å². The van der Waals surface area contributed by atoms with Crippen molar-refractivity contribution in [3.05, 3.63) is 41.2 Å². The van der Waals surface area contributed by atoms with Gasteiger partial charge in [0.15, 0.2) is 5.69 Å². The number of nitrogens with one attached hydrogen (secondary N) is 1. The summed E-state index contributed by atoms with van der Waals surface area (Å²) >= 11 is 0. The van der Waals surface area contributed by atoms with Gasteiger partial charge in [-0.1, -0.05) is 12.1 Å². The summed E-state index contributed by atoms with van der Waals surface area (Å²) in [5.74, 6) is -1.20. The molecule has 9 heteroatoms. The first kappa shape index (κ1) is 20.9. The molecule has 1 amide bonds. The van der Waals surface area contributed by atoms with E-state index < -0.39 is 24.3 Å². The van der Waals surface area contributed by atoms with Crippen molar-refractivity contribution in [1.29, 1.82) is 0 Å². The predicted octanol–water partition coefficient (Wildman–Crippen LogP) is 1.93. The maximum absolute atomic E-state index is 12.5. The Bertz CT molecular complexity index is 857. The molecular weight excluding hydrogens is 366 g/mol. The number of carbonyl (C=O) groups excluding carboxylic acids is 3. The van der Waals surface area contributed by atoms with Crippen LogP contribution in [0.15, 0.2) is 24.3 Å². The molecular formula is C19H23N3O6. The van der Waals surface area contributed by atoms with Crippen LogP contribution in [0.3, 0.4) is 0 Å². The Hall–Kier alpha value is -3.36. The van der Waals surface area contributed by atoms with Crippen LogP contribution in [-0.4, -0.2) is 48.5 Å². The average molecular weight is 389 g/mol. The second-order valence-corrected chi connectivity index (χ2v) is 5.84. The quantitative estimate of drug-likeness (QED) is 0.543. The number of ether oxygens (including phenoxy) is 3. The van der Waals surface area contributed by atoms with Crippen LogP contribution < -0.4 is 10.1 Å². The number of hydrogen-bond donors (Lipinski definition) is 1. The molecule has 0 saturated carbocycles. The van der Waals surface area contributed by atoms with E-state index in [1.165, 1.54) is 11.8 Å². The van der Waals surface area contributed by atoms with Gasteiger partial charge in [-0.2, -0.15) is 5.10 Å². The molecule has 0 fully saturated rings. The van der Waals surface area contributed by atoms with Gasteiger partial charge in [0.05, 0.1) is 38.8 Å². The number of carbonyl (C=O) groups is 3. The van der Waals surface area contributed by atoms with E-state index in [-0.39, 0.29) is 24.5 Å². The number of nitrogens with zero attached hydrogens (tertiary/aromatic N) is 2. The van der Waals surface area contributed by atoms with E-state index in [0.29, 0.717) is 11.4 Å².